The first-order chi connectivity index (χ1) is 5.89. The van der Waals surface area contributed by atoms with Gasteiger partial charge in [-0.3, -0.25) is 9.48 Å². The molecule has 72 valence electrons. The number of Topliss-reactive ketones (excluding diaryl/α,β-unsaturated/α-hetero) is 1. The molecule has 1 aromatic rings. The first-order valence-electron chi connectivity index (χ1n) is 3.48. The van der Waals surface area contributed by atoms with Crippen LogP contribution in [0.4, 0.5) is 8.78 Å². The zero-order chi connectivity index (χ0) is 10.1. The molecule has 0 aliphatic carbocycles. The van der Waals surface area contributed by atoms with Crippen LogP contribution in [0.2, 0.25) is 0 Å². The van der Waals surface area contributed by atoms with Gasteiger partial charge in [-0.1, -0.05) is 0 Å². The summed E-state index contributed by atoms with van der Waals surface area (Å²) in [7, 11) is 1.63. The Kier molecular flexibility index (Phi) is 2.66. The molecule has 0 atom stereocenters. The second-order valence-corrected chi connectivity index (χ2v) is 3.05. The van der Waals surface area contributed by atoms with Crippen LogP contribution in [-0.2, 0) is 18.3 Å². The standard InChI is InChI=1S/C7H7ClF2N2O/c1-12-3-2-5(11-12)4-6(13)7(8,9)10/h2-3H,4H2,1H3. The molecular formula is C7H7ClF2N2O. The van der Waals surface area contributed by atoms with Crippen LogP contribution in [0.25, 0.3) is 0 Å². The number of carbonyl (C=O) groups is 1. The van der Waals surface area contributed by atoms with Crippen LogP contribution in [0, 0.1) is 0 Å². The highest BCUT2D eigenvalue weighted by Gasteiger charge is 2.35. The number of halogens is 3. The van der Waals surface area contributed by atoms with Crippen molar-refractivity contribution < 1.29 is 13.6 Å². The van der Waals surface area contributed by atoms with Crippen molar-refractivity contribution in [2.24, 2.45) is 7.05 Å². The first kappa shape index (κ1) is 10.1. The van der Waals surface area contributed by atoms with Gasteiger partial charge in [0.05, 0.1) is 12.1 Å². The molecule has 0 aliphatic heterocycles. The fraction of sp³-hybridized carbons (Fsp3) is 0.429. The van der Waals surface area contributed by atoms with Gasteiger partial charge in [0.2, 0.25) is 5.78 Å². The minimum absolute atomic E-state index is 0.285. The summed E-state index contributed by atoms with van der Waals surface area (Å²) in [5.41, 5.74) is 0.285. The number of alkyl halides is 3. The monoisotopic (exact) mass is 208 g/mol. The fourth-order valence-corrected chi connectivity index (χ4v) is 0.889. The predicted octanol–water partition coefficient (Wildman–Crippen LogP) is 1.36. The highest BCUT2D eigenvalue weighted by atomic mass is 35.5. The lowest BCUT2D eigenvalue weighted by molar-refractivity contribution is -0.132. The van der Waals surface area contributed by atoms with E-state index < -0.39 is 17.6 Å². The van der Waals surface area contributed by atoms with Crippen molar-refractivity contribution in [3.8, 4) is 0 Å². The zero-order valence-electron chi connectivity index (χ0n) is 6.80. The summed E-state index contributed by atoms with van der Waals surface area (Å²) < 4.78 is 25.8. The molecular weight excluding hydrogens is 202 g/mol. The largest absolute Gasteiger partial charge is 0.380 e. The lowest BCUT2D eigenvalue weighted by Crippen LogP contribution is -2.23. The summed E-state index contributed by atoms with van der Waals surface area (Å²) in [6, 6.07) is 1.49. The predicted molar refractivity (Wildman–Crippen MR) is 42.7 cm³/mol. The number of hydrogen-bond donors (Lipinski definition) is 0. The Bertz CT molecular complexity index is 319. The number of aryl methyl sites for hydroxylation is 1. The summed E-state index contributed by atoms with van der Waals surface area (Å²) in [4.78, 5) is 10.7. The van der Waals surface area contributed by atoms with Gasteiger partial charge in [-0.15, -0.1) is 0 Å². The molecule has 0 bridgehead atoms. The molecule has 0 saturated heterocycles. The third-order valence-corrected chi connectivity index (χ3v) is 1.64. The van der Waals surface area contributed by atoms with Gasteiger partial charge in [0.1, 0.15) is 0 Å². The summed E-state index contributed by atoms with van der Waals surface area (Å²) >= 11 is 4.52. The molecule has 0 radical (unpaired) electrons. The Labute approximate surface area is 78.3 Å². The lowest BCUT2D eigenvalue weighted by Gasteiger charge is -2.03. The van der Waals surface area contributed by atoms with Gasteiger partial charge in [-0.05, 0) is 17.7 Å². The molecule has 6 heteroatoms. The number of aromatic nitrogens is 2. The van der Waals surface area contributed by atoms with E-state index in [4.69, 9.17) is 0 Å². The molecule has 3 nitrogen and oxygen atoms in total. The van der Waals surface area contributed by atoms with E-state index in [-0.39, 0.29) is 5.69 Å². The number of carbonyl (C=O) groups excluding carboxylic acids is 1. The maximum atomic E-state index is 12.2. The molecule has 13 heavy (non-hydrogen) atoms. The highest BCUT2D eigenvalue weighted by molar-refractivity contribution is 6.32. The number of rotatable bonds is 3. The van der Waals surface area contributed by atoms with Gasteiger partial charge in [0, 0.05) is 13.2 Å². The molecule has 0 saturated carbocycles. The topological polar surface area (TPSA) is 34.9 Å². The van der Waals surface area contributed by atoms with Crippen molar-refractivity contribution in [3.05, 3.63) is 18.0 Å². The van der Waals surface area contributed by atoms with Crippen LogP contribution in [0.5, 0.6) is 0 Å². The van der Waals surface area contributed by atoms with E-state index in [0.29, 0.717) is 0 Å². The number of ketones is 1. The third kappa shape index (κ3) is 2.77. The summed E-state index contributed by atoms with van der Waals surface area (Å²) in [6.07, 6.45) is 1.12. The smallest absolute Gasteiger partial charge is 0.291 e. The van der Waals surface area contributed by atoms with Crippen molar-refractivity contribution in [1.29, 1.82) is 0 Å². The summed E-state index contributed by atoms with van der Waals surface area (Å²) in [5, 5.41) is -0.0261. The minimum atomic E-state index is -3.79. The second-order valence-electron chi connectivity index (χ2n) is 2.58. The van der Waals surface area contributed by atoms with Crippen LogP contribution in [0.3, 0.4) is 0 Å². The van der Waals surface area contributed by atoms with Crippen LogP contribution >= 0.6 is 11.6 Å². The molecule has 0 fully saturated rings. The van der Waals surface area contributed by atoms with Crippen molar-refractivity contribution in [2.45, 2.75) is 11.8 Å². The Morgan fingerprint density at radius 3 is 2.77 bits per heavy atom. The Hall–Kier alpha value is -0.970. The molecule has 1 heterocycles. The Balaban J connectivity index is 2.65. The van der Waals surface area contributed by atoms with Crippen LogP contribution < -0.4 is 0 Å². The van der Waals surface area contributed by atoms with E-state index in [1.807, 2.05) is 0 Å². The van der Waals surface area contributed by atoms with E-state index in [1.165, 1.54) is 10.7 Å². The number of hydrogen-bond acceptors (Lipinski definition) is 2. The molecule has 0 aromatic carbocycles. The Morgan fingerprint density at radius 1 is 1.77 bits per heavy atom. The van der Waals surface area contributed by atoms with Crippen LogP contribution in [0.1, 0.15) is 5.69 Å². The van der Waals surface area contributed by atoms with E-state index in [2.05, 4.69) is 16.7 Å². The zero-order valence-corrected chi connectivity index (χ0v) is 7.55. The second kappa shape index (κ2) is 3.41. The molecule has 0 N–H and O–H groups in total. The van der Waals surface area contributed by atoms with E-state index in [0.717, 1.165) is 0 Å². The van der Waals surface area contributed by atoms with Gasteiger partial charge in [0.15, 0.2) is 0 Å². The van der Waals surface area contributed by atoms with Gasteiger partial charge in [-0.2, -0.15) is 13.9 Å². The first-order valence-corrected chi connectivity index (χ1v) is 3.86. The number of nitrogens with zero attached hydrogens (tertiary/aromatic N) is 2. The van der Waals surface area contributed by atoms with Crippen molar-refractivity contribution >= 4 is 17.4 Å². The van der Waals surface area contributed by atoms with Crippen molar-refractivity contribution in [2.75, 3.05) is 0 Å². The van der Waals surface area contributed by atoms with E-state index >= 15 is 0 Å². The summed E-state index contributed by atoms with van der Waals surface area (Å²) in [6.45, 7) is 0. The molecule has 0 aliphatic rings. The lowest BCUT2D eigenvalue weighted by atomic mass is 10.2. The minimum Gasteiger partial charge on any atom is -0.291 e. The molecule has 1 rings (SSSR count). The van der Waals surface area contributed by atoms with E-state index in [9.17, 15) is 13.6 Å². The quantitative estimate of drug-likeness (QED) is 0.703. The Morgan fingerprint density at radius 2 is 2.38 bits per heavy atom. The SMILES string of the molecule is Cn1ccc(CC(=O)C(F)(F)Cl)n1. The molecule has 0 amide bonds. The maximum absolute atomic E-state index is 12.2. The average molecular weight is 209 g/mol. The van der Waals surface area contributed by atoms with Gasteiger partial charge in [-0.25, -0.2) is 0 Å². The average Bonchev–Trinajstić information content (AvgIpc) is 2.33. The fourth-order valence-electron chi connectivity index (χ4n) is 0.822. The van der Waals surface area contributed by atoms with Crippen molar-refractivity contribution in [3.63, 3.8) is 0 Å². The molecule has 1 aromatic heterocycles. The van der Waals surface area contributed by atoms with Gasteiger partial charge in [0.25, 0.3) is 0 Å². The van der Waals surface area contributed by atoms with Gasteiger partial charge >= 0.3 is 5.38 Å². The molecule has 0 spiro atoms. The van der Waals surface area contributed by atoms with Crippen molar-refractivity contribution in [1.82, 2.24) is 9.78 Å². The normalized spacial score (nSPS) is 11.7. The summed E-state index contributed by atoms with van der Waals surface area (Å²) in [5.74, 6) is -1.34. The maximum Gasteiger partial charge on any atom is 0.380 e. The van der Waals surface area contributed by atoms with E-state index in [1.54, 1.807) is 13.2 Å². The van der Waals surface area contributed by atoms with Crippen LogP contribution in [0.15, 0.2) is 12.3 Å². The highest BCUT2D eigenvalue weighted by Crippen LogP contribution is 2.21. The van der Waals surface area contributed by atoms with Crippen LogP contribution in [-0.4, -0.2) is 20.9 Å². The third-order valence-electron chi connectivity index (χ3n) is 1.43. The van der Waals surface area contributed by atoms with Gasteiger partial charge < -0.3 is 0 Å². The molecule has 0 unspecified atom stereocenters.